The van der Waals surface area contributed by atoms with Crippen molar-refractivity contribution in [3.63, 3.8) is 0 Å². The molecule has 0 aromatic rings. The van der Waals surface area contributed by atoms with Gasteiger partial charge in [0.2, 0.25) is 0 Å². The summed E-state index contributed by atoms with van der Waals surface area (Å²) in [5.41, 5.74) is 0. The lowest BCUT2D eigenvalue weighted by atomic mass is 10.3. The molecule has 0 bridgehead atoms. The molecule has 1 aliphatic heterocycles. The van der Waals surface area contributed by atoms with Crippen molar-refractivity contribution in [2.24, 2.45) is 0 Å². The molecule has 0 aliphatic carbocycles. The molecule has 0 atom stereocenters. The van der Waals surface area contributed by atoms with Crippen LogP contribution in [0.5, 0.6) is 0 Å². The standard InChI is InChI=1S/C7H14NO2/c1-3-4-7-9-5-8(2)6-10-7/h7H,2-6H2,1H3/q+1. The Morgan fingerprint density at radius 1 is 1.50 bits per heavy atom. The largest absolute Gasteiger partial charge is 0.294 e. The van der Waals surface area contributed by atoms with Crippen LogP contribution in [0.25, 0.3) is 0 Å². The highest BCUT2D eigenvalue weighted by atomic mass is 16.7. The van der Waals surface area contributed by atoms with Crippen LogP contribution in [-0.2, 0) is 9.47 Å². The van der Waals surface area contributed by atoms with Gasteiger partial charge < -0.3 is 0 Å². The fourth-order valence-electron chi connectivity index (χ4n) is 0.865. The highest BCUT2D eigenvalue weighted by molar-refractivity contribution is 5.14. The van der Waals surface area contributed by atoms with Crippen LogP contribution >= 0.6 is 0 Å². The Morgan fingerprint density at radius 2 is 2.10 bits per heavy atom. The minimum absolute atomic E-state index is 0.00278. The fraction of sp³-hybridized carbons (Fsp3) is 0.857. The average Bonchev–Trinajstić information content (AvgIpc) is 1.95. The first kappa shape index (κ1) is 7.69. The van der Waals surface area contributed by atoms with E-state index in [1.54, 1.807) is 4.58 Å². The molecule has 0 unspecified atom stereocenters. The molecule has 0 radical (unpaired) electrons. The predicted octanol–water partition coefficient (Wildman–Crippen LogP) is 0.787. The van der Waals surface area contributed by atoms with E-state index in [2.05, 4.69) is 13.6 Å². The van der Waals surface area contributed by atoms with Gasteiger partial charge in [0.1, 0.15) is 6.72 Å². The van der Waals surface area contributed by atoms with Crippen LogP contribution in [0.2, 0.25) is 0 Å². The van der Waals surface area contributed by atoms with Crippen LogP contribution in [0.1, 0.15) is 19.8 Å². The molecule has 0 N–H and O–H groups in total. The monoisotopic (exact) mass is 144 g/mol. The Kier molecular flexibility index (Phi) is 2.83. The van der Waals surface area contributed by atoms with Crippen LogP contribution in [0.4, 0.5) is 0 Å². The summed E-state index contributed by atoms with van der Waals surface area (Å²) in [6.45, 7) is 6.97. The van der Waals surface area contributed by atoms with Gasteiger partial charge in [-0.2, -0.15) is 4.58 Å². The third-order valence-corrected chi connectivity index (χ3v) is 1.41. The summed E-state index contributed by atoms with van der Waals surface area (Å²) >= 11 is 0. The number of ether oxygens (including phenoxy) is 2. The van der Waals surface area contributed by atoms with Crippen molar-refractivity contribution in [3.8, 4) is 0 Å². The van der Waals surface area contributed by atoms with Gasteiger partial charge in [0, 0.05) is 0 Å². The molecule has 0 aromatic heterocycles. The van der Waals surface area contributed by atoms with Crippen molar-refractivity contribution < 1.29 is 14.0 Å². The molecule has 0 amide bonds. The van der Waals surface area contributed by atoms with Crippen molar-refractivity contribution in [2.45, 2.75) is 26.1 Å². The zero-order valence-corrected chi connectivity index (χ0v) is 6.38. The quantitative estimate of drug-likeness (QED) is 0.534. The Bertz CT molecular complexity index is 115. The lowest BCUT2D eigenvalue weighted by Crippen LogP contribution is -2.33. The lowest BCUT2D eigenvalue weighted by molar-refractivity contribution is -0.642. The third-order valence-electron chi connectivity index (χ3n) is 1.41. The Balaban J connectivity index is 2.19. The highest BCUT2D eigenvalue weighted by Gasteiger charge is 2.18. The maximum absolute atomic E-state index is 5.27. The van der Waals surface area contributed by atoms with Crippen LogP contribution in [0.3, 0.4) is 0 Å². The van der Waals surface area contributed by atoms with Gasteiger partial charge in [0.15, 0.2) is 6.29 Å². The summed E-state index contributed by atoms with van der Waals surface area (Å²) in [6, 6.07) is 0. The molecular formula is C7H14NO2+. The van der Waals surface area contributed by atoms with Gasteiger partial charge in [0.05, 0.1) is 0 Å². The number of rotatable bonds is 2. The molecule has 3 nitrogen and oxygen atoms in total. The van der Waals surface area contributed by atoms with E-state index in [9.17, 15) is 0 Å². The van der Waals surface area contributed by atoms with E-state index < -0.39 is 0 Å². The molecule has 10 heavy (non-hydrogen) atoms. The molecule has 0 aromatic carbocycles. The minimum Gasteiger partial charge on any atom is -0.294 e. The van der Waals surface area contributed by atoms with Gasteiger partial charge in [-0.25, -0.2) is 0 Å². The second-order valence-corrected chi connectivity index (χ2v) is 2.48. The van der Waals surface area contributed by atoms with E-state index >= 15 is 0 Å². The number of nitrogens with zero attached hydrogens (tertiary/aromatic N) is 1. The van der Waals surface area contributed by atoms with Gasteiger partial charge in [0.25, 0.3) is 13.5 Å². The van der Waals surface area contributed by atoms with Gasteiger partial charge >= 0.3 is 0 Å². The summed E-state index contributed by atoms with van der Waals surface area (Å²) in [5.74, 6) is 0. The Morgan fingerprint density at radius 3 is 2.60 bits per heavy atom. The van der Waals surface area contributed by atoms with Crippen LogP contribution in [-0.4, -0.2) is 31.0 Å². The van der Waals surface area contributed by atoms with Crippen molar-refractivity contribution in [3.05, 3.63) is 0 Å². The fourth-order valence-corrected chi connectivity index (χ4v) is 0.865. The number of hydrogen-bond acceptors (Lipinski definition) is 2. The van der Waals surface area contributed by atoms with E-state index in [-0.39, 0.29) is 6.29 Å². The number of hydrogen-bond donors (Lipinski definition) is 0. The average molecular weight is 144 g/mol. The van der Waals surface area contributed by atoms with Gasteiger partial charge in [-0.15, -0.1) is 0 Å². The first-order valence-electron chi connectivity index (χ1n) is 3.61. The summed E-state index contributed by atoms with van der Waals surface area (Å²) in [4.78, 5) is 0. The van der Waals surface area contributed by atoms with Crippen molar-refractivity contribution in [2.75, 3.05) is 13.5 Å². The lowest BCUT2D eigenvalue weighted by Gasteiger charge is -2.19. The SMILES string of the molecule is C=[N+]1COC(CCC)OC1. The second-order valence-electron chi connectivity index (χ2n) is 2.48. The van der Waals surface area contributed by atoms with Crippen molar-refractivity contribution in [1.82, 2.24) is 0 Å². The van der Waals surface area contributed by atoms with Gasteiger partial charge in [-0.05, 0) is 6.42 Å². The maximum Gasteiger partial charge on any atom is 0.251 e. The first-order chi connectivity index (χ1) is 4.83. The molecule has 1 rings (SSSR count). The van der Waals surface area contributed by atoms with E-state index in [4.69, 9.17) is 9.47 Å². The minimum atomic E-state index is 0.00278. The zero-order chi connectivity index (χ0) is 7.40. The Labute approximate surface area is 61.3 Å². The molecule has 0 saturated carbocycles. The van der Waals surface area contributed by atoms with Crippen LogP contribution in [0.15, 0.2) is 0 Å². The normalized spacial score (nSPS) is 21.5. The second kappa shape index (κ2) is 3.68. The summed E-state index contributed by atoms with van der Waals surface area (Å²) in [5, 5.41) is 0. The van der Waals surface area contributed by atoms with E-state index in [1.165, 1.54) is 0 Å². The highest BCUT2D eigenvalue weighted by Crippen LogP contribution is 2.07. The van der Waals surface area contributed by atoms with Crippen LogP contribution in [0, 0.1) is 0 Å². The van der Waals surface area contributed by atoms with Crippen LogP contribution < -0.4 is 0 Å². The van der Waals surface area contributed by atoms with Gasteiger partial charge in [-0.1, -0.05) is 13.3 Å². The third kappa shape index (κ3) is 2.08. The van der Waals surface area contributed by atoms with E-state index in [1.807, 2.05) is 0 Å². The molecule has 1 fully saturated rings. The summed E-state index contributed by atoms with van der Waals surface area (Å²) in [6.07, 6.45) is 2.08. The molecule has 3 heteroatoms. The molecule has 1 aliphatic rings. The van der Waals surface area contributed by atoms with Gasteiger partial charge in [-0.3, -0.25) is 9.47 Å². The smallest absolute Gasteiger partial charge is 0.251 e. The predicted molar refractivity (Wildman–Crippen MR) is 38.0 cm³/mol. The van der Waals surface area contributed by atoms with Crippen molar-refractivity contribution in [1.29, 1.82) is 0 Å². The van der Waals surface area contributed by atoms with Crippen molar-refractivity contribution >= 4 is 6.72 Å². The Hall–Kier alpha value is -0.410. The zero-order valence-electron chi connectivity index (χ0n) is 6.38. The van der Waals surface area contributed by atoms with E-state index in [0.29, 0.717) is 13.5 Å². The molecule has 0 spiro atoms. The topological polar surface area (TPSA) is 21.5 Å². The molecular weight excluding hydrogens is 130 g/mol. The van der Waals surface area contributed by atoms with E-state index in [0.717, 1.165) is 12.8 Å². The maximum atomic E-state index is 5.27. The summed E-state index contributed by atoms with van der Waals surface area (Å²) < 4.78 is 12.3. The molecule has 1 heterocycles. The molecule has 1 saturated heterocycles. The summed E-state index contributed by atoms with van der Waals surface area (Å²) in [7, 11) is 0. The first-order valence-corrected chi connectivity index (χ1v) is 3.61. The molecule has 58 valence electrons.